The molecule has 0 radical (unpaired) electrons. The number of carbonyl (C=O) groups is 1. The van der Waals surface area contributed by atoms with Crippen molar-refractivity contribution in [2.45, 2.75) is 37.0 Å². The summed E-state index contributed by atoms with van der Waals surface area (Å²) >= 11 is 0. The number of phenolic OH excluding ortho intramolecular Hbond substituents is 1. The highest BCUT2D eigenvalue weighted by atomic mass is 32.2. The second kappa shape index (κ2) is 9.68. The topological polar surface area (TPSA) is 238 Å². The largest absolute Gasteiger partial charge is 0.508 e. The Morgan fingerprint density at radius 1 is 1.20 bits per heavy atom. The first-order valence-electron chi connectivity index (χ1n) is 10.2. The maximum Gasteiger partial charge on any atom is 0.362 e. The molecular weight excluding hydrogens is 486 g/mol. The predicted molar refractivity (Wildman–Crippen MR) is 118 cm³/mol. The van der Waals surface area contributed by atoms with E-state index in [0.29, 0.717) is 5.56 Å². The van der Waals surface area contributed by atoms with Gasteiger partial charge in [-0.25, -0.2) is 19.7 Å². The molecule has 35 heavy (non-hydrogen) atoms. The van der Waals surface area contributed by atoms with Crippen LogP contribution in [0, 0.1) is 0 Å². The van der Waals surface area contributed by atoms with Gasteiger partial charge < -0.3 is 31.5 Å². The van der Waals surface area contributed by atoms with E-state index in [9.17, 15) is 28.5 Å². The van der Waals surface area contributed by atoms with Crippen molar-refractivity contribution in [3.63, 3.8) is 0 Å². The molecule has 5 atom stereocenters. The van der Waals surface area contributed by atoms with Crippen LogP contribution >= 0.6 is 0 Å². The number of nitrogens with zero attached hydrogens (tertiary/aromatic N) is 4. The third kappa shape index (κ3) is 5.31. The second-order valence-electron chi connectivity index (χ2n) is 7.81. The van der Waals surface area contributed by atoms with Crippen molar-refractivity contribution in [1.29, 1.82) is 0 Å². The average Bonchev–Trinajstić information content (AvgIpc) is 3.36. The second-order valence-corrected chi connectivity index (χ2v) is 9.16. The SMILES string of the molecule is Nc1ncnc2c1ncn2C1OC(COS(=O)(=O)NC(=O)C(N)Cc2ccc(O)cc2)C(O)C1O. The minimum Gasteiger partial charge on any atom is -0.508 e. The van der Waals surface area contributed by atoms with Crippen LogP contribution in [0.2, 0.25) is 0 Å². The van der Waals surface area contributed by atoms with E-state index in [-0.39, 0.29) is 29.2 Å². The van der Waals surface area contributed by atoms with Crippen LogP contribution in [0.5, 0.6) is 5.75 Å². The summed E-state index contributed by atoms with van der Waals surface area (Å²) in [5.74, 6) is -0.886. The summed E-state index contributed by atoms with van der Waals surface area (Å²) in [5.41, 5.74) is 12.6. The molecule has 3 aromatic rings. The molecule has 1 aliphatic rings. The Balaban J connectivity index is 1.36. The van der Waals surface area contributed by atoms with Crippen molar-refractivity contribution >= 4 is 33.2 Å². The number of hydrogen-bond donors (Lipinski definition) is 6. The Morgan fingerprint density at radius 2 is 1.91 bits per heavy atom. The number of fused-ring (bicyclic) bond motifs is 1. The molecule has 8 N–H and O–H groups in total. The number of nitrogen functional groups attached to an aromatic ring is 1. The summed E-state index contributed by atoms with van der Waals surface area (Å²) in [6.07, 6.45) is -2.97. The molecule has 15 nitrogen and oxygen atoms in total. The van der Waals surface area contributed by atoms with Gasteiger partial charge in [-0.05, 0) is 24.1 Å². The number of hydrogen-bond acceptors (Lipinski definition) is 13. The van der Waals surface area contributed by atoms with Gasteiger partial charge in [-0.3, -0.25) is 13.5 Å². The number of ether oxygens (including phenoxy) is 1. The molecule has 1 saturated heterocycles. The highest BCUT2D eigenvalue weighted by Gasteiger charge is 2.45. The van der Waals surface area contributed by atoms with Crippen molar-refractivity contribution in [2.75, 3.05) is 12.3 Å². The minimum atomic E-state index is -4.61. The molecule has 188 valence electrons. The Kier molecular flexibility index (Phi) is 6.84. The van der Waals surface area contributed by atoms with E-state index in [1.165, 1.54) is 41.5 Å². The number of phenols is 1. The molecule has 0 saturated carbocycles. The van der Waals surface area contributed by atoms with Gasteiger partial charge in [0.2, 0.25) is 0 Å². The van der Waals surface area contributed by atoms with E-state index >= 15 is 0 Å². The van der Waals surface area contributed by atoms with Crippen LogP contribution in [-0.4, -0.2) is 80.1 Å². The van der Waals surface area contributed by atoms with Crippen molar-refractivity contribution in [3.8, 4) is 5.75 Å². The lowest BCUT2D eigenvalue weighted by molar-refractivity contribution is -0.120. The van der Waals surface area contributed by atoms with Crippen LogP contribution in [0.15, 0.2) is 36.9 Å². The summed E-state index contributed by atoms with van der Waals surface area (Å²) < 4.78 is 37.8. The molecule has 0 spiro atoms. The van der Waals surface area contributed by atoms with Gasteiger partial charge in [-0.15, -0.1) is 0 Å². The minimum absolute atomic E-state index is 0.00683. The number of nitrogens with one attached hydrogen (secondary N) is 1. The Morgan fingerprint density at radius 3 is 2.63 bits per heavy atom. The van der Waals surface area contributed by atoms with Gasteiger partial charge in [-0.2, -0.15) is 8.42 Å². The summed E-state index contributed by atoms with van der Waals surface area (Å²) in [6.45, 7) is -0.714. The molecule has 0 bridgehead atoms. The van der Waals surface area contributed by atoms with Crippen LogP contribution in [0.1, 0.15) is 11.8 Å². The van der Waals surface area contributed by atoms with Gasteiger partial charge in [0.1, 0.15) is 35.9 Å². The maximum absolute atomic E-state index is 12.2. The number of aliphatic hydroxyl groups excluding tert-OH is 2. The average molecular weight is 510 g/mol. The molecule has 1 aliphatic heterocycles. The third-order valence-corrected chi connectivity index (χ3v) is 6.24. The molecule has 0 aliphatic carbocycles. The molecule has 1 fully saturated rings. The predicted octanol–water partition coefficient (Wildman–Crippen LogP) is -2.32. The van der Waals surface area contributed by atoms with Crippen LogP contribution in [0.4, 0.5) is 5.82 Å². The number of rotatable bonds is 8. The van der Waals surface area contributed by atoms with Gasteiger partial charge in [0, 0.05) is 0 Å². The van der Waals surface area contributed by atoms with Gasteiger partial charge in [0.15, 0.2) is 17.7 Å². The molecule has 4 rings (SSSR count). The fourth-order valence-electron chi connectivity index (χ4n) is 3.52. The standard InChI is InChI=1S/C19H23N7O8S/c20-11(5-9-1-3-10(27)4-2-9)18(30)25-35(31,32)33-6-12-14(28)15(29)19(34-12)26-8-24-13-16(21)22-7-23-17(13)26/h1-4,7-8,11-12,14-15,19,27-29H,5-6,20H2,(H,25,30)(H2,21,22,23). The highest BCUT2D eigenvalue weighted by molar-refractivity contribution is 7.85. The fourth-order valence-corrected chi connectivity index (χ4v) is 4.29. The molecule has 2 aromatic heterocycles. The Hall–Kier alpha value is -3.41. The number of aromatic hydroxyl groups is 1. The molecule has 16 heteroatoms. The number of aliphatic hydroxyl groups is 2. The lowest BCUT2D eigenvalue weighted by atomic mass is 10.1. The maximum atomic E-state index is 12.2. The quantitative estimate of drug-likeness (QED) is 0.187. The molecule has 5 unspecified atom stereocenters. The van der Waals surface area contributed by atoms with E-state index in [4.69, 9.17) is 20.4 Å². The van der Waals surface area contributed by atoms with Crippen molar-refractivity contribution in [2.24, 2.45) is 5.73 Å². The van der Waals surface area contributed by atoms with E-state index in [1.807, 2.05) is 0 Å². The summed E-state index contributed by atoms with van der Waals surface area (Å²) in [6, 6.07) is 4.67. The first kappa shape index (κ1) is 24.7. The normalized spacial score (nSPS) is 23.4. The fraction of sp³-hybridized carbons (Fsp3) is 0.368. The molecule has 3 heterocycles. The van der Waals surface area contributed by atoms with Gasteiger partial charge in [0.25, 0.3) is 5.91 Å². The van der Waals surface area contributed by atoms with Crippen LogP contribution in [-0.2, 0) is 30.4 Å². The molecule has 1 aromatic carbocycles. The number of aromatic nitrogens is 4. The molecule has 1 amide bonds. The van der Waals surface area contributed by atoms with Crippen molar-refractivity contribution < 1.29 is 37.5 Å². The first-order chi connectivity index (χ1) is 16.6. The monoisotopic (exact) mass is 509 g/mol. The van der Waals surface area contributed by atoms with Crippen molar-refractivity contribution in [3.05, 3.63) is 42.5 Å². The van der Waals surface area contributed by atoms with Crippen LogP contribution < -0.4 is 16.2 Å². The van der Waals surface area contributed by atoms with Gasteiger partial charge in [0.05, 0.1) is 19.0 Å². The number of nitrogens with two attached hydrogens (primary N) is 2. The Labute approximate surface area is 198 Å². The highest BCUT2D eigenvalue weighted by Crippen LogP contribution is 2.32. The van der Waals surface area contributed by atoms with E-state index in [1.54, 1.807) is 4.72 Å². The smallest absolute Gasteiger partial charge is 0.362 e. The zero-order valence-electron chi connectivity index (χ0n) is 18.0. The number of imidazole rings is 1. The Bertz CT molecular complexity index is 1320. The third-order valence-electron chi connectivity index (χ3n) is 5.34. The van der Waals surface area contributed by atoms with Crippen LogP contribution in [0.3, 0.4) is 0 Å². The van der Waals surface area contributed by atoms with Gasteiger partial charge >= 0.3 is 10.3 Å². The zero-order valence-corrected chi connectivity index (χ0v) is 18.8. The number of benzene rings is 1. The van der Waals surface area contributed by atoms with E-state index < -0.39 is 53.4 Å². The summed E-state index contributed by atoms with van der Waals surface area (Å²) in [7, 11) is -4.61. The summed E-state index contributed by atoms with van der Waals surface area (Å²) in [4.78, 5) is 24.1. The zero-order chi connectivity index (χ0) is 25.3. The summed E-state index contributed by atoms with van der Waals surface area (Å²) in [5, 5.41) is 30.1. The lowest BCUT2D eigenvalue weighted by Gasteiger charge is -2.16. The number of amides is 1. The van der Waals surface area contributed by atoms with Gasteiger partial charge in [-0.1, -0.05) is 12.1 Å². The van der Waals surface area contributed by atoms with E-state index in [0.717, 1.165) is 0 Å². The van der Waals surface area contributed by atoms with Crippen molar-refractivity contribution in [1.82, 2.24) is 24.2 Å². The lowest BCUT2D eigenvalue weighted by Crippen LogP contribution is -2.45. The number of carbonyl (C=O) groups excluding carboxylic acids is 1. The van der Waals surface area contributed by atoms with E-state index in [2.05, 4.69) is 15.0 Å². The number of anilines is 1. The molecular formula is C19H23N7O8S. The first-order valence-corrected chi connectivity index (χ1v) is 11.7. The van der Waals surface area contributed by atoms with Crippen LogP contribution in [0.25, 0.3) is 11.2 Å².